The van der Waals surface area contributed by atoms with E-state index in [2.05, 4.69) is 15.1 Å². The fraction of sp³-hybridized carbons (Fsp3) is 0.150. The van der Waals surface area contributed by atoms with E-state index in [1.807, 2.05) is 48.0 Å². The maximum atomic E-state index is 10.7. The van der Waals surface area contributed by atoms with Crippen LogP contribution < -0.4 is 4.74 Å². The number of ether oxygens (including phenoxy) is 1. The summed E-state index contributed by atoms with van der Waals surface area (Å²) in [5.74, 6) is 1.57. The third-order valence-corrected chi connectivity index (χ3v) is 5.23. The van der Waals surface area contributed by atoms with Crippen molar-refractivity contribution in [2.24, 2.45) is 12.2 Å². The molecule has 0 saturated heterocycles. The van der Waals surface area contributed by atoms with Crippen LogP contribution in [0.25, 0.3) is 22.4 Å². The highest BCUT2D eigenvalue weighted by atomic mass is 32.2. The molecule has 0 aliphatic carbocycles. The van der Waals surface area contributed by atoms with Crippen LogP contribution in [0, 0.1) is 4.91 Å². The molecular formula is C20H17N5O2S. The van der Waals surface area contributed by atoms with Crippen LogP contribution >= 0.6 is 11.8 Å². The van der Waals surface area contributed by atoms with Gasteiger partial charge < -0.3 is 9.30 Å². The van der Waals surface area contributed by atoms with Crippen LogP contribution in [-0.2, 0) is 12.8 Å². The van der Waals surface area contributed by atoms with E-state index in [-0.39, 0.29) is 0 Å². The van der Waals surface area contributed by atoms with Gasteiger partial charge >= 0.3 is 0 Å². The van der Waals surface area contributed by atoms with Crippen LogP contribution in [-0.4, -0.2) is 26.6 Å². The topological polar surface area (TPSA) is 82.3 Å². The molecule has 0 radical (unpaired) electrons. The Morgan fingerprint density at radius 1 is 1.07 bits per heavy atom. The summed E-state index contributed by atoms with van der Waals surface area (Å²) < 4.78 is 7.07. The summed E-state index contributed by atoms with van der Waals surface area (Å²) >= 11 is 1.56. The Kier molecular flexibility index (Phi) is 5.03. The van der Waals surface area contributed by atoms with Crippen molar-refractivity contribution < 1.29 is 4.74 Å². The number of aryl methyl sites for hydroxylation is 1. The first-order chi connectivity index (χ1) is 13.7. The minimum absolute atomic E-state index is 0.379. The molecule has 0 unspecified atom stereocenters. The first kappa shape index (κ1) is 18.1. The lowest BCUT2D eigenvalue weighted by molar-refractivity contribution is 0.414. The predicted molar refractivity (Wildman–Crippen MR) is 110 cm³/mol. The summed E-state index contributed by atoms with van der Waals surface area (Å²) in [5.41, 5.74) is 4.62. The monoisotopic (exact) mass is 391 g/mol. The zero-order chi connectivity index (χ0) is 19.5. The zero-order valence-corrected chi connectivity index (χ0v) is 16.2. The largest absolute Gasteiger partial charge is 0.497 e. The standard InChI is InChI=1S/C20H17N5O2S/c1-25-12-21-18-17(14-5-7-15(24-26)8-6-14)22-20(23-19(18)25)28-11-13-3-9-16(27-2)10-4-13/h3-10,12H,11H2,1-2H3. The molecule has 0 atom stereocenters. The van der Waals surface area contributed by atoms with E-state index < -0.39 is 0 Å². The maximum Gasteiger partial charge on any atom is 0.190 e. The van der Waals surface area contributed by atoms with E-state index >= 15 is 0 Å². The van der Waals surface area contributed by atoms with Gasteiger partial charge in [0, 0.05) is 18.4 Å². The van der Waals surface area contributed by atoms with Crippen molar-refractivity contribution in [3.63, 3.8) is 0 Å². The third kappa shape index (κ3) is 3.59. The van der Waals surface area contributed by atoms with E-state index in [1.165, 1.54) is 0 Å². The quantitative estimate of drug-likeness (QED) is 0.268. The second-order valence-electron chi connectivity index (χ2n) is 6.16. The molecule has 28 heavy (non-hydrogen) atoms. The minimum atomic E-state index is 0.379. The van der Waals surface area contributed by atoms with E-state index in [0.717, 1.165) is 39.5 Å². The summed E-state index contributed by atoms with van der Waals surface area (Å²) in [6, 6.07) is 14.9. The average molecular weight is 391 g/mol. The van der Waals surface area contributed by atoms with Gasteiger partial charge in [-0.25, -0.2) is 15.0 Å². The van der Waals surface area contributed by atoms with Crippen LogP contribution in [0.4, 0.5) is 5.69 Å². The number of benzene rings is 2. The van der Waals surface area contributed by atoms with E-state index in [9.17, 15) is 4.91 Å². The number of rotatable bonds is 6. The Bertz CT molecular complexity index is 1120. The molecular weight excluding hydrogens is 374 g/mol. The van der Waals surface area contributed by atoms with Gasteiger partial charge in [0.05, 0.1) is 13.4 Å². The zero-order valence-electron chi connectivity index (χ0n) is 15.4. The molecule has 4 rings (SSSR count). The predicted octanol–water partition coefficient (Wildman–Crippen LogP) is 4.73. The van der Waals surface area contributed by atoms with Gasteiger partial charge in [0.15, 0.2) is 10.8 Å². The number of hydrogen-bond acceptors (Lipinski definition) is 7. The second kappa shape index (κ2) is 7.77. The molecule has 0 saturated carbocycles. The molecule has 0 bridgehead atoms. The number of nitrogens with zero attached hydrogens (tertiary/aromatic N) is 5. The normalized spacial score (nSPS) is 10.9. The lowest BCUT2D eigenvalue weighted by Gasteiger charge is -2.07. The summed E-state index contributed by atoms with van der Waals surface area (Å²) in [6.45, 7) is 0. The van der Waals surface area contributed by atoms with Crippen molar-refractivity contribution in [2.45, 2.75) is 10.9 Å². The lowest BCUT2D eigenvalue weighted by Crippen LogP contribution is -1.96. The van der Waals surface area contributed by atoms with Gasteiger partial charge in [-0.3, -0.25) is 0 Å². The van der Waals surface area contributed by atoms with Gasteiger partial charge in [-0.05, 0) is 35.0 Å². The van der Waals surface area contributed by atoms with Crippen LogP contribution in [0.2, 0.25) is 0 Å². The van der Waals surface area contributed by atoms with E-state index in [4.69, 9.17) is 9.72 Å². The first-order valence-electron chi connectivity index (χ1n) is 8.56. The van der Waals surface area contributed by atoms with Crippen LogP contribution in [0.15, 0.2) is 65.2 Å². The number of methoxy groups -OCH3 is 1. The Morgan fingerprint density at radius 2 is 1.82 bits per heavy atom. The highest BCUT2D eigenvalue weighted by molar-refractivity contribution is 7.98. The average Bonchev–Trinajstić information content (AvgIpc) is 3.13. The highest BCUT2D eigenvalue weighted by Crippen LogP contribution is 2.30. The van der Waals surface area contributed by atoms with E-state index in [1.54, 1.807) is 37.3 Å². The molecule has 2 aromatic heterocycles. The van der Waals surface area contributed by atoms with Gasteiger partial charge in [-0.2, -0.15) is 0 Å². The molecule has 140 valence electrons. The Hall–Kier alpha value is -3.26. The number of aromatic nitrogens is 4. The van der Waals surface area contributed by atoms with Crippen molar-refractivity contribution in [1.29, 1.82) is 0 Å². The van der Waals surface area contributed by atoms with Crippen molar-refractivity contribution >= 4 is 28.6 Å². The summed E-state index contributed by atoms with van der Waals surface area (Å²) in [4.78, 5) is 24.5. The fourth-order valence-electron chi connectivity index (χ4n) is 2.80. The lowest BCUT2D eigenvalue weighted by atomic mass is 10.1. The minimum Gasteiger partial charge on any atom is -0.497 e. The molecule has 0 spiro atoms. The highest BCUT2D eigenvalue weighted by Gasteiger charge is 2.14. The summed E-state index contributed by atoms with van der Waals surface area (Å²) in [7, 11) is 3.56. The summed E-state index contributed by atoms with van der Waals surface area (Å²) in [6.07, 6.45) is 1.72. The molecule has 0 aliphatic heterocycles. The maximum absolute atomic E-state index is 10.7. The first-order valence-corrected chi connectivity index (χ1v) is 9.55. The number of nitroso groups, excluding NO2 is 1. The Labute approximate surface area is 165 Å². The molecule has 2 heterocycles. The molecule has 2 aromatic carbocycles. The van der Waals surface area contributed by atoms with Gasteiger partial charge in [0.25, 0.3) is 0 Å². The second-order valence-corrected chi connectivity index (χ2v) is 7.10. The number of imidazole rings is 1. The molecule has 0 N–H and O–H groups in total. The molecule has 7 nitrogen and oxygen atoms in total. The van der Waals surface area contributed by atoms with Crippen molar-refractivity contribution in [3.8, 4) is 17.0 Å². The SMILES string of the molecule is COc1ccc(CSc2nc(-c3ccc(N=O)cc3)c3ncn(C)c3n2)cc1. The smallest absolute Gasteiger partial charge is 0.190 e. The third-order valence-electron chi connectivity index (χ3n) is 4.31. The summed E-state index contributed by atoms with van der Waals surface area (Å²) in [5, 5.41) is 3.62. The number of hydrogen-bond donors (Lipinski definition) is 0. The van der Waals surface area contributed by atoms with Crippen molar-refractivity contribution in [3.05, 3.63) is 65.3 Å². The molecule has 0 fully saturated rings. The van der Waals surface area contributed by atoms with Crippen LogP contribution in [0.5, 0.6) is 5.75 Å². The van der Waals surface area contributed by atoms with Gasteiger partial charge in [-0.1, -0.05) is 36.0 Å². The molecule has 0 amide bonds. The van der Waals surface area contributed by atoms with Crippen LogP contribution in [0.1, 0.15) is 5.56 Å². The van der Waals surface area contributed by atoms with E-state index in [0.29, 0.717) is 10.8 Å². The Morgan fingerprint density at radius 3 is 2.50 bits per heavy atom. The van der Waals surface area contributed by atoms with Gasteiger partial charge in [0.2, 0.25) is 0 Å². The molecule has 4 aromatic rings. The van der Waals surface area contributed by atoms with Gasteiger partial charge in [-0.15, -0.1) is 4.91 Å². The van der Waals surface area contributed by atoms with Crippen molar-refractivity contribution in [1.82, 2.24) is 19.5 Å². The fourth-order valence-corrected chi connectivity index (χ4v) is 3.60. The van der Waals surface area contributed by atoms with Crippen LogP contribution in [0.3, 0.4) is 0 Å². The molecule has 8 heteroatoms. The Balaban J connectivity index is 1.68. The van der Waals surface area contributed by atoms with Crippen molar-refractivity contribution in [2.75, 3.05) is 7.11 Å². The number of thioether (sulfide) groups is 1. The molecule has 0 aliphatic rings. The number of fused-ring (bicyclic) bond motifs is 1. The van der Waals surface area contributed by atoms with Gasteiger partial charge in [0.1, 0.15) is 22.6 Å².